The Balaban J connectivity index is 2.56. The summed E-state index contributed by atoms with van der Waals surface area (Å²) in [4.78, 5) is 23.7. The first-order valence-corrected chi connectivity index (χ1v) is 4.36. The number of hydrogen-bond acceptors (Lipinski definition) is 3. The van der Waals surface area contributed by atoms with Gasteiger partial charge in [0.2, 0.25) is 0 Å². The van der Waals surface area contributed by atoms with Crippen molar-refractivity contribution in [1.29, 1.82) is 0 Å². The molecule has 1 aliphatic carbocycles. The lowest BCUT2D eigenvalue weighted by molar-refractivity contribution is -0.117. The van der Waals surface area contributed by atoms with Crippen molar-refractivity contribution in [3.05, 3.63) is 12.3 Å². The molecule has 1 fully saturated rings. The van der Waals surface area contributed by atoms with Crippen LogP contribution in [-0.4, -0.2) is 41.5 Å². The summed E-state index contributed by atoms with van der Waals surface area (Å²) < 4.78 is 0. The molecule has 0 spiro atoms. The molecule has 0 aromatic rings. The van der Waals surface area contributed by atoms with Crippen LogP contribution in [-0.2, 0) is 4.79 Å². The predicted molar refractivity (Wildman–Crippen MR) is 51.0 cm³/mol. The topological polar surface area (TPSA) is 69.6 Å². The molecule has 1 amide bonds. The van der Waals surface area contributed by atoms with Gasteiger partial charge in [-0.05, 0) is 18.9 Å². The number of carbonyl (C=O) groups is 2. The van der Waals surface area contributed by atoms with E-state index >= 15 is 0 Å². The van der Waals surface area contributed by atoms with E-state index in [-0.39, 0.29) is 5.78 Å². The zero-order chi connectivity index (χ0) is 10.8. The van der Waals surface area contributed by atoms with Crippen molar-refractivity contribution < 1.29 is 14.7 Å². The zero-order valence-electron chi connectivity index (χ0n) is 8.28. The van der Waals surface area contributed by atoms with Crippen LogP contribution in [0.15, 0.2) is 12.3 Å². The lowest BCUT2D eigenvalue weighted by atomic mass is 10.1. The highest BCUT2D eigenvalue weighted by atomic mass is 16.4. The standard InChI is InChI=1S/C9H14N2O3/c1-11(2)6-3-7(12)9(4-5-9)10-8(13)14/h3,6,10H,4-5H2,1-2H3,(H,13,14)/b6-3+. The Morgan fingerprint density at radius 1 is 1.43 bits per heavy atom. The van der Waals surface area contributed by atoms with Crippen molar-refractivity contribution in [1.82, 2.24) is 10.2 Å². The third-order valence-electron chi connectivity index (χ3n) is 2.09. The van der Waals surface area contributed by atoms with Crippen LogP contribution < -0.4 is 5.32 Å². The van der Waals surface area contributed by atoms with Gasteiger partial charge in [0.1, 0.15) is 5.54 Å². The summed E-state index contributed by atoms with van der Waals surface area (Å²) in [6.45, 7) is 0. The summed E-state index contributed by atoms with van der Waals surface area (Å²) in [5, 5.41) is 10.8. The van der Waals surface area contributed by atoms with E-state index in [1.807, 2.05) is 0 Å². The number of amides is 1. The van der Waals surface area contributed by atoms with Gasteiger partial charge in [-0.25, -0.2) is 4.79 Å². The minimum Gasteiger partial charge on any atom is -0.465 e. The lowest BCUT2D eigenvalue weighted by Crippen LogP contribution is -2.41. The number of carboxylic acid groups (broad SMARTS) is 1. The SMILES string of the molecule is CN(C)/C=C/C(=O)C1(NC(=O)O)CC1. The second kappa shape index (κ2) is 3.69. The summed E-state index contributed by atoms with van der Waals surface area (Å²) >= 11 is 0. The van der Waals surface area contributed by atoms with Crippen LogP contribution in [0.2, 0.25) is 0 Å². The lowest BCUT2D eigenvalue weighted by Gasteiger charge is -2.11. The summed E-state index contributed by atoms with van der Waals surface area (Å²) in [7, 11) is 3.60. The highest BCUT2D eigenvalue weighted by molar-refractivity contribution is 6.02. The average Bonchev–Trinajstić information content (AvgIpc) is 2.80. The molecule has 1 rings (SSSR count). The minimum atomic E-state index is -1.14. The molecule has 1 aliphatic rings. The first-order valence-electron chi connectivity index (χ1n) is 4.36. The fraction of sp³-hybridized carbons (Fsp3) is 0.556. The predicted octanol–water partition coefficient (Wildman–Crippen LogP) is 0.431. The summed E-state index contributed by atoms with van der Waals surface area (Å²) in [6.07, 6.45) is 3.06. The Bertz CT molecular complexity index is 280. The van der Waals surface area contributed by atoms with Crippen molar-refractivity contribution in [2.75, 3.05) is 14.1 Å². The smallest absolute Gasteiger partial charge is 0.405 e. The van der Waals surface area contributed by atoms with Gasteiger partial charge in [0.25, 0.3) is 0 Å². The molecule has 5 heteroatoms. The van der Waals surface area contributed by atoms with Crippen molar-refractivity contribution in [3.8, 4) is 0 Å². The molecule has 5 nitrogen and oxygen atoms in total. The largest absolute Gasteiger partial charge is 0.465 e. The van der Waals surface area contributed by atoms with Crippen LogP contribution in [0.1, 0.15) is 12.8 Å². The van der Waals surface area contributed by atoms with Crippen LogP contribution in [0.3, 0.4) is 0 Å². The Labute approximate surface area is 82.4 Å². The van der Waals surface area contributed by atoms with Gasteiger partial charge < -0.3 is 15.3 Å². The molecule has 1 saturated carbocycles. The minimum absolute atomic E-state index is 0.173. The molecule has 0 aromatic heterocycles. The van der Waals surface area contributed by atoms with Crippen molar-refractivity contribution in [3.63, 3.8) is 0 Å². The fourth-order valence-electron chi connectivity index (χ4n) is 1.14. The maximum Gasteiger partial charge on any atom is 0.405 e. The normalized spacial score (nSPS) is 17.9. The quantitative estimate of drug-likeness (QED) is 0.643. The molecule has 0 aromatic carbocycles. The molecular formula is C9H14N2O3. The van der Waals surface area contributed by atoms with Crippen LogP contribution in [0.25, 0.3) is 0 Å². The molecule has 0 aliphatic heterocycles. The van der Waals surface area contributed by atoms with Gasteiger partial charge in [-0.3, -0.25) is 4.79 Å². The van der Waals surface area contributed by atoms with Crippen LogP contribution in [0, 0.1) is 0 Å². The number of rotatable bonds is 4. The Hall–Kier alpha value is -1.52. The molecule has 0 heterocycles. The molecule has 14 heavy (non-hydrogen) atoms. The van der Waals surface area contributed by atoms with Crippen LogP contribution in [0.4, 0.5) is 4.79 Å². The van der Waals surface area contributed by atoms with E-state index in [0.29, 0.717) is 12.8 Å². The number of hydrogen-bond donors (Lipinski definition) is 2. The average molecular weight is 198 g/mol. The molecule has 2 N–H and O–H groups in total. The van der Waals surface area contributed by atoms with Gasteiger partial charge in [0, 0.05) is 20.3 Å². The molecule has 0 unspecified atom stereocenters. The number of nitrogens with zero attached hydrogens (tertiary/aromatic N) is 1. The Morgan fingerprint density at radius 3 is 2.36 bits per heavy atom. The first-order chi connectivity index (χ1) is 6.46. The molecule has 0 radical (unpaired) electrons. The number of carbonyl (C=O) groups excluding carboxylic acids is 1. The van der Waals surface area contributed by atoms with Crippen molar-refractivity contribution in [2.24, 2.45) is 0 Å². The van der Waals surface area contributed by atoms with Gasteiger partial charge >= 0.3 is 6.09 Å². The highest BCUT2D eigenvalue weighted by Crippen LogP contribution is 2.36. The van der Waals surface area contributed by atoms with E-state index in [0.717, 1.165) is 0 Å². The van der Waals surface area contributed by atoms with E-state index in [2.05, 4.69) is 5.32 Å². The second-order valence-electron chi connectivity index (χ2n) is 3.66. The van der Waals surface area contributed by atoms with E-state index < -0.39 is 11.6 Å². The van der Waals surface area contributed by atoms with Gasteiger partial charge in [-0.1, -0.05) is 0 Å². The van der Waals surface area contributed by atoms with E-state index in [1.54, 1.807) is 25.2 Å². The van der Waals surface area contributed by atoms with Crippen molar-refractivity contribution in [2.45, 2.75) is 18.4 Å². The maximum absolute atomic E-state index is 11.5. The van der Waals surface area contributed by atoms with E-state index in [9.17, 15) is 9.59 Å². The molecule has 0 bridgehead atoms. The summed E-state index contributed by atoms with van der Waals surface area (Å²) in [5.41, 5.74) is -0.835. The molecule has 0 saturated heterocycles. The zero-order valence-corrected chi connectivity index (χ0v) is 8.28. The third kappa shape index (κ3) is 2.48. The van der Waals surface area contributed by atoms with E-state index in [4.69, 9.17) is 5.11 Å². The third-order valence-corrected chi connectivity index (χ3v) is 2.09. The van der Waals surface area contributed by atoms with Gasteiger partial charge in [0.15, 0.2) is 5.78 Å². The highest BCUT2D eigenvalue weighted by Gasteiger charge is 2.49. The first kappa shape index (κ1) is 10.6. The second-order valence-corrected chi connectivity index (χ2v) is 3.66. The molecule has 78 valence electrons. The number of nitrogens with one attached hydrogen (secondary N) is 1. The van der Waals surface area contributed by atoms with Gasteiger partial charge in [-0.2, -0.15) is 0 Å². The molecule has 0 atom stereocenters. The summed E-state index contributed by atoms with van der Waals surface area (Å²) in [6, 6.07) is 0. The number of ketones is 1. The van der Waals surface area contributed by atoms with Crippen molar-refractivity contribution >= 4 is 11.9 Å². The Morgan fingerprint density at radius 2 is 2.00 bits per heavy atom. The van der Waals surface area contributed by atoms with Crippen LogP contribution in [0.5, 0.6) is 0 Å². The summed E-state index contributed by atoms with van der Waals surface area (Å²) in [5.74, 6) is -0.173. The monoisotopic (exact) mass is 198 g/mol. The van der Waals surface area contributed by atoms with Gasteiger partial charge in [-0.15, -0.1) is 0 Å². The molecular weight excluding hydrogens is 184 g/mol. The van der Waals surface area contributed by atoms with Crippen LogP contribution >= 0.6 is 0 Å². The Kier molecular flexibility index (Phi) is 2.78. The van der Waals surface area contributed by atoms with E-state index in [1.165, 1.54) is 6.08 Å². The van der Waals surface area contributed by atoms with Gasteiger partial charge in [0.05, 0.1) is 0 Å². The fourth-order valence-corrected chi connectivity index (χ4v) is 1.14. The maximum atomic E-state index is 11.5.